The highest BCUT2D eigenvalue weighted by Crippen LogP contribution is 2.38. The average Bonchev–Trinajstić information content (AvgIpc) is 2.01. The Bertz CT molecular complexity index is 312. The van der Waals surface area contributed by atoms with Crippen LogP contribution in [-0.2, 0) is 3.79 Å². The predicted molar refractivity (Wildman–Crippen MR) is 52.8 cm³/mol. The number of aromatic nitrogens is 2. The molecule has 0 amide bonds. The first-order valence-corrected chi connectivity index (χ1v) is 4.60. The summed E-state index contributed by atoms with van der Waals surface area (Å²) in [6.07, 6.45) is 0. The standard InChI is InChI=1S/C6H4Cl4N2O/c1-13-4-2-3(6(8,9)10)11-5(7)12-4/h2H,1H3. The highest BCUT2D eigenvalue weighted by molar-refractivity contribution is 6.66. The van der Waals surface area contributed by atoms with E-state index in [9.17, 15) is 0 Å². The summed E-state index contributed by atoms with van der Waals surface area (Å²) in [5.41, 5.74) is 0.175. The minimum atomic E-state index is -1.63. The number of alkyl halides is 3. The molecule has 0 aromatic carbocycles. The molecule has 0 radical (unpaired) electrons. The first kappa shape index (κ1) is 11.1. The normalized spacial score (nSPS) is 11.5. The van der Waals surface area contributed by atoms with Crippen molar-refractivity contribution in [3.8, 4) is 5.88 Å². The molecule has 0 atom stereocenters. The Balaban J connectivity index is 3.16. The number of methoxy groups -OCH3 is 1. The van der Waals surface area contributed by atoms with Crippen LogP contribution in [0, 0.1) is 0 Å². The second-order valence-electron chi connectivity index (χ2n) is 2.06. The largest absolute Gasteiger partial charge is 0.481 e. The van der Waals surface area contributed by atoms with Crippen LogP contribution in [0.4, 0.5) is 0 Å². The van der Waals surface area contributed by atoms with Gasteiger partial charge in [-0.1, -0.05) is 34.8 Å². The Labute approximate surface area is 94.9 Å². The van der Waals surface area contributed by atoms with E-state index in [4.69, 9.17) is 51.1 Å². The van der Waals surface area contributed by atoms with Gasteiger partial charge >= 0.3 is 0 Å². The zero-order valence-electron chi connectivity index (χ0n) is 6.39. The third kappa shape index (κ3) is 3.02. The topological polar surface area (TPSA) is 35.0 Å². The second-order valence-corrected chi connectivity index (χ2v) is 4.68. The molecule has 13 heavy (non-hydrogen) atoms. The van der Waals surface area contributed by atoms with Crippen LogP contribution in [0.3, 0.4) is 0 Å². The van der Waals surface area contributed by atoms with Crippen molar-refractivity contribution in [1.29, 1.82) is 0 Å². The molecule has 0 spiro atoms. The molecule has 0 bridgehead atoms. The maximum atomic E-state index is 5.59. The van der Waals surface area contributed by atoms with E-state index >= 15 is 0 Å². The summed E-state index contributed by atoms with van der Waals surface area (Å²) < 4.78 is 3.19. The lowest BCUT2D eigenvalue weighted by atomic mass is 10.4. The lowest BCUT2D eigenvalue weighted by molar-refractivity contribution is 0.396. The fraction of sp³-hybridized carbons (Fsp3) is 0.333. The van der Waals surface area contributed by atoms with Gasteiger partial charge in [-0.25, -0.2) is 4.98 Å². The fourth-order valence-electron chi connectivity index (χ4n) is 0.647. The van der Waals surface area contributed by atoms with Crippen LogP contribution in [0.25, 0.3) is 0 Å². The summed E-state index contributed by atoms with van der Waals surface area (Å²) in [4.78, 5) is 7.45. The van der Waals surface area contributed by atoms with E-state index in [-0.39, 0.29) is 16.9 Å². The van der Waals surface area contributed by atoms with E-state index in [2.05, 4.69) is 9.97 Å². The van der Waals surface area contributed by atoms with Crippen LogP contribution in [0.2, 0.25) is 5.28 Å². The monoisotopic (exact) mass is 260 g/mol. The Kier molecular flexibility index (Phi) is 3.46. The van der Waals surface area contributed by atoms with Gasteiger partial charge in [0.1, 0.15) is 5.69 Å². The number of halogens is 4. The lowest BCUT2D eigenvalue weighted by Crippen LogP contribution is -2.05. The van der Waals surface area contributed by atoms with E-state index < -0.39 is 3.79 Å². The zero-order chi connectivity index (χ0) is 10.1. The van der Waals surface area contributed by atoms with Gasteiger partial charge in [0, 0.05) is 6.07 Å². The first-order chi connectivity index (χ1) is 5.93. The molecule has 1 rings (SSSR count). The minimum absolute atomic E-state index is 0.0272. The van der Waals surface area contributed by atoms with Crippen LogP contribution in [0.1, 0.15) is 5.69 Å². The van der Waals surface area contributed by atoms with Crippen molar-refractivity contribution in [3.05, 3.63) is 17.0 Å². The maximum Gasteiger partial charge on any atom is 0.232 e. The van der Waals surface area contributed by atoms with Crippen LogP contribution in [0.15, 0.2) is 6.07 Å². The molecule has 0 aliphatic carbocycles. The quantitative estimate of drug-likeness (QED) is 0.576. The molecule has 0 aliphatic heterocycles. The Morgan fingerprint density at radius 3 is 2.38 bits per heavy atom. The van der Waals surface area contributed by atoms with Gasteiger partial charge in [-0.3, -0.25) is 0 Å². The van der Waals surface area contributed by atoms with Crippen molar-refractivity contribution in [2.45, 2.75) is 3.79 Å². The number of hydrogen-bond acceptors (Lipinski definition) is 3. The highest BCUT2D eigenvalue weighted by Gasteiger charge is 2.26. The lowest BCUT2D eigenvalue weighted by Gasteiger charge is -2.10. The average molecular weight is 262 g/mol. The van der Waals surface area contributed by atoms with Crippen molar-refractivity contribution in [2.75, 3.05) is 7.11 Å². The molecule has 0 fully saturated rings. The Morgan fingerprint density at radius 1 is 1.31 bits per heavy atom. The third-order valence-electron chi connectivity index (χ3n) is 1.17. The van der Waals surface area contributed by atoms with Gasteiger partial charge in [-0.15, -0.1) is 0 Å². The first-order valence-electron chi connectivity index (χ1n) is 3.09. The number of hydrogen-bond donors (Lipinski definition) is 0. The molecular formula is C6H4Cl4N2O. The summed E-state index contributed by atoms with van der Waals surface area (Å²) in [7, 11) is 1.43. The van der Waals surface area contributed by atoms with E-state index in [1.165, 1.54) is 13.2 Å². The van der Waals surface area contributed by atoms with Gasteiger partial charge in [0.25, 0.3) is 0 Å². The Hall–Kier alpha value is 0.0400. The van der Waals surface area contributed by atoms with E-state index in [1.54, 1.807) is 0 Å². The van der Waals surface area contributed by atoms with Crippen molar-refractivity contribution in [1.82, 2.24) is 9.97 Å². The fourth-order valence-corrected chi connectivity index (χ4v) is 1.11. The highest BCUT2D eigenvalue weighted by atomic mass is 35.6. The molecule has 3 nitrogen and oxygen atoms in total. The van der Waals surface area contributed by atoms with Crippen LogP contribution >= 0.6 is 46.4 Å². The molecule has 0 N–H and O–H groups in total. The Morgan fingerprint density at radius 2 is 1.92 bits per heavy atom. The SMILES string of the molecule is COc1cc(C(Cl)(Cl)Cl)nc(Cl)n1. The second kappa shape index (κ2) is 4.05. The van der Waals surface area contributed by atoms with E-state index in [0.717, 1.165) is 0 Å². The summed E-state index contributed by atoms with van der Waals surface area (Å²) in [6.45, 7) is 0. The maximum absolute atomic E-state index is 5.59. The molecule has 72 valence electrons. The van der Waals surface area contributed by atoms with Crippen molar-refractivity contribution in [2.24, 2.45) is 0 Å². The van der Waals surface area contributed by atoms with E-state index in [0.29, 0.717) is 0 Å². The van der Waals surface area contributed by atoms with Gasteiger partial charge in [0.05, 0.1) is 7.11 Å². The van der Waals surface area contributed by atoms with Crippen molar-refractivity contribution >= 4 is 46.4 Å². The number of nitrogens with zero attached hydrogens (tertiary/aromatic N) is 2. The van der Waals surface area contributed by atoms with Crippen LogP contribution < -0.4 is 4.74 Å². The van der Waals surface area contributed by atoms with Gasteiger partial charge in [0.15, 0.2) is 0 Å². The van der Waals surface area contributed by atoms with Crippen molar-refractivity contribution in [3.63, 3.8) is 0 Å². The molecular weight excluding hydrogens is 258 g/mol. The summed E-state index contributed by atoms with van der Waals surface area (Å²) in [6, 6.07) is 1.40. The number of ether oxygens (including phenoxy) is 1. The molecule has 1 heterocycles. The molecule has 1 aromatic heterocycles. The summed E-state index contributed by atoms with van der Waals surface area (Å²) in [5, 5.41) is -0.0272. The minimum Gasteiger partial charge on any atom is -0.481 e. The molecule has 0 saturated carbocycles. The van der Waals surface area contributed by atoms with Crippen molar-refractivity contribution < 1.29 is 4.74 Å². The van der Waals surface area contributed by atoms with Gasteiger partial charge in [-0.05, 0) is 11.6 Å². The molecule has 7 heteroatoms. The van der Waals surface area contributed by atoms with Gasteiger partial charge < -0.3 is 4.74 Å². The number of rotatable bonds is 1. The van der Waals surface area contributed by atoms with E-state index in [1.807, 2.05) is 0 Å². The summed E-state index contributed by atoms with van der Waals surface area (Å²) in [5.74, 6) is 0.251. The zero-order valence-corrected chi connectivity index (χ0v) is 9.42. The smallest absolute Gasteiger partial charge is 0.232 e. The van der Waals surface area contributed by atoms with Crippen LogP contribution in [0.5, 0.6) is 5.88 Å². The molecule has 1 aromatic rings. The third-order valence-corrected chi connectivity index (χ3v) is 1.92. The van der Waals surface area contributed by atoms with Gasteiger partial charge in [-0.2, -0.15) is 4.98 Å². The molecule has 0 saturated heterocycles. The molecule has 0 aliphatic rings. The van der Waals surface area contributed by atoms with Gasteiger partial charge in [0.2, 0.25) is 15.0 Å². The molecule has 0 unspecified atom stereocenters. The van der Waals surface area contributed by atoms with Crippen LogP contribution in [-0.4, -0.2) is 17.1 Å². The predicted octanol–water partition coefficient (Wildman–Crippen LogP) is 2.97. The summed E-state index contributed by atoms with van der Waals surface area (Å²) >= 11 is 22.3.